The van der Waals surface area contributed by atoms with E-state index >= 15 is 0 Å². The Kier molecular flexibility index (Phi) is 8.48. The smallest absolute Gasteiger partial charge is 0.384 e. The number of carbonyl (C=O) groups excluding carboxylic acids is 1. The van der Waals surface area contributed by atoms with E-state index in [1.54, 1.807) is 23.1 Å². The summed E-state index contributed by atoms with van der Waals surface area (Å²) >= 11 is 3.24. The lowest BCUT2D eigenvalue weighted by Crippen LogP contribution is -2.12. The van der Waals surface area contributed by atoms with Crippen molar-refractivity contribution in [2.45, 2.75) is 44.4 Å². The summed E-state index contributed by atoms with van der Waals surface area (Å²) in [5.41, 5.74) is 0.914. The zero-order valence-electron chi connectivity index (χ0n) is 12.4. The molecule has 0 fully saturated rings. The zero-order chi connectivity index (χ0) is 14.8. The predicted molar refractivity (Wildman–Crippen MR) is 87.2 cm³/mol. The Balaban J connectivity index is 2.44. The minimum atomic E-state index is -0.418. The third-order valence-electron chi connectivity index (χ3n) is 3.14. The van der Waals surface area contributed by atoms with Crippen molar-refractivity contribution in [3.8, 4) is 11.8 Å². The van der Waals surface area contributed by atoms with Crippen molar-refractivity contribution in [2.24, 2.45) is 5.92 Å². The van der Waals surface area contributed by atoms with Gasteiger partial charge in [-0.15, -0.1) is 23.1 Å². The molecule has 0 radical (unpaired) electrons. The molecule has 4 heteroatoms. The second-order valence-electron chi connectivity index (χ2n) is 4.62. The molecule has 0 saturated carbocycles. The first-order chi connectivity index (χ1) is 9.71. The van der Waals surface area contributed by atoms with Gasteiger partial charge in [-0.1, -0.05) is 39.0 Å². The fraction of sp³-hybridized carbons (Fsp3) is 0.562. The van der Waals surface area contributed by atoms with E-state index in [0.29, 0.717) is 12.5 Å². The second-order valence-corrected chi connectivity index (χ2v) is 6.21. The molecule has 0 aliphatic carbocycles. The van der Waals surface area contributed by atoms with E-state index in [1.807, 2.05) is 17.0 Å². The number of unbranched alkanes of at least 4 members (excludes halogenated alkanes) is 1. The van der Waals surface area contributed by atoms with Crippen LogP contribution in [0.2, 0.25) is 0 Å². The van der Waals surface area contributed by atoms with Crippen molar-refractivity contribution in [3.05, 3.63) is 16.3 Å². The average Bonchev–Trinajstić information content (AvgIpc) is 2.92. The van der Waals surface area contributed by atoms with Crippen LogP contribution >= 0.6 is 23.1 Å². The van der Waals surface area contributed by atoms with Gasteiger partial charge in [-0.05, 0) is 18.6 Å². The first-order valence-corrected chi connectivity index (χ1v) is 9.16. The lowest BCUT2D eigenvalue weighted by atomic mass is 10.0. The van der Waals surface area contributed by atoms with Gasteiger partial charge in [0.25, 0.3) is 0 Å². The van der Waals surface area contributed by atoms with Crippen molar-refractivity contribution in [2.75, 3.05) is 12.9 Å². The highest BCUT2D eigenvalue weighted by Crippen LogP contribution is 2.23. The molecule has 0 amide bonds. The molecule has 1 atom stereocenters. The Hall–Kier alpha value is -0.920. The SMILES string of the molecule is CCCCC(CC)COC(=O)C#Cc1cscc1SC. The van der Waals surface area contributed by atoms with Gasteiger partial charge in [0.05, 0.1) is 6.61 Å². The number of esters is 1. The quantitative estimate of drug-likeness (QED) is 0.419. The van der Waals surface area contributed by atoms with E-state index in [4.69, 9.17) is 4.74 Å². The van der Waals surface area contributed by atoms with E-state index in [2.05, 4.69) is 25.7 Å². The Morgan fingerprint density at radius 3 is 2.90 bits per heavy atom. The molecule has 1 heterocycles. The fourth-order valence-corrected chi connectivity index (χ4v) is 3.38. The Bertz CT molecular complexity index is 468. The maximum absolute atomic E-state index is 11.6. The van der Waals surface area contributed by atoms with Crippen LogP contribution in [0, 0.1) is 17.8 Å². The van der Waals surface area contributed by atoms with Gasteiger partial charge >= 0.3 is 5.97 Å². The molecule has 0 N–H and O–H groups in total. The molecular weight excluding hydrogens is 288 g/mol. The van der Waals surface area contributed by atoms with Crippen molar-refractivity contribution in [3.63, 3.8) is 0 Å². The van der Waals surface area contributed by atoms with Crippen LogP contribution in [0.15, 0.2) is 15.7 Å². The number of hydrogen-bond acceptors (Lipinski definition) is 4. The summed E-state index contributed by atoms with van der Waals surface area (Å²) in [4.78, 5) is 12.7. The molecule has 0 aliphatic heterocycles. The van der Waals surface area contributed by atoms with Crippen molar-refractivity contribution in [1.29, 1.82) is 0 Å². The van der Waals surface area contributed by atoms with Crippen molar-refractivity contribution >= 4 is 29.1 Å². The first-order valence-electron chi connectivity index (χ1n) is 7.00. The fourth-order valence-electron chi connectivity index (χ4n) is 1.78. The van der Waals surface area contributed by atoms with E-state index < -0.39 is 5.97 Å². The van der Waals surface area contributed by atoms with Gasteiger partial charge in [-0.2, -0.15) is 0 Å². The molecule has 0 saturated heterocycles. The standard InChI is InChI=1S/C16H22O2S2/c1-4-6-7-13(5-2)10-18-16(17)9-8-14-11-20-12-15(14)19-3/h11-13H,4-7,10H2,1-3H3. The average molecular weight is 310 g/mol. The monoisotopic (exact) mass is 310 g/mol. The lowest BCUT2D eigenvalue weighted by Gasteiger charge is -2.12. The summed E-state index contributed by atoms with van der Waals surface area (Å²) in [5.74, 6) is 5.51. The molecule has 1 unspecified atom stereocenters. The molecule has 1 rings (SSSR count). The van der Waals surface area contributed by atoms with Crippen LogP contribution in [0.4, 0.5) is 0 Å². The van der Waals surface area contributed by atoms with Gasteiger partial charge in [0.15, 0.2) is 0 Å². The van der Waals surface area contributed by atoms with Crippen LogP contribution in [0.3, 0.4) is 0 Å². The topological polar surface area (TPSA) is 26.3 Å². The summed E-state index contributed by atoms with van der Waals surface area (Å²) in [5, 5.41) is 4.00. The molecule has 110 valence electrons. The largest absolute Gasteiger partial charge is 0.456 e. The number of ether oxygens (including phenoxy) is 1. The van der Waals surface area contributed by atoms with Gasteiger partial charge in [0, 0.05) is 27.1 Å². The van der Waals surface area contributed by atoms with E-state index in [1.165, 1.54) is 12.8 Å². The molecule has 1 aromatic rings. The Labute approximate surface area is 130 Å². The summed E-state index contributed by atoms with van der Waals surface area (Å²) in [6.45, 7) is 4.80. The maximum atomic E-state index is 11.6. The zero-order valence-corrected chi connectivity index (χ0v) is 14.0. The highest BCUT2D eigenvalue weighted by Gasteiger charge is 2.08. The highest BCUT2D eigenvalue weighted by molar-refractivity contribution is 7.98. The molecule has 0 bridgehead atoms. The molecule has 20 heavy (non-hydrogen) atoms. The van der Waals surface area contributed by atoms with Crippen LogP contribution in [0.25, 0.3) is 0 Å². The molecular formula is C16H22O2S2. The maximum Gasteiger partial charge on any atom is 0.384 e. The Morgan fingerprint density at radius 2 is 2.25 bits per heavy atom. The van der Waals surface area contributed by atoms with Crippen molar-refractivity contribution in [1.82, 2.24) is 0 Å². The van der Waals surface area contributed by atoms with Crippen molar-refractivity contribution < 1.29 is 9.53 Å². The third-order valence-corrected chi connectivity index (χ3v) is 4.81. The second kappa shape index (κ2) is 9.90. The van der Waals surface area contributed by atoms with Gasteiger partial charge in [-0.25, -0.2) is 4.79 Å². The van der Waals surface area contributed by atoms with E-state index in [-0.39, 0.29) is 0 Å². The first kappa shape index (κ1) is 17.1. The highest BCUT2D eigenvalue weighted by atomic mass is 32.2. The van der Waals surface area contributed by atoms with Crippen LogP contribution in [-0.2, 0) is 9.53 Å². The van der Waals surface area contributed by atoms with E-state index in [9.17, 15) is 4.79 Å². The van der Waals surface area contributed by atoms with Crippen LogP contribution in [-0.4, -0.2) is 18.8 Å². The molecule has 1 aromatic heterocycles. The number of thioether (sulfide) groups is 1. The summed E-state index contributed by atoms with van der Waals surface area (Å²) < 4.78 is 5.25. The number of hydrogen-bond donors (Lipinski definition) is 0. The summed E-state index contributed by atoms with van der Waals surface area (Å²) in [6, 6.07) is 0. The van der Waals surface area contributed by atoms with Crippen LogP contribution in [0.1, 0.15) is 45.1 Å². The number of thiophene rings is 1. The van der Waals surface area contributed by atoms with Gasteiger partial charge < -0.3 is 4.74 Å². The lowest BCUT2D eigenvalue weighted by molar-refractivity contribution is -0.138. The minimum Gasteiger partial charge on any atom is -0.456 e. The van der Waals surface area contributed by atoms with Crippen LogP contribution in [0.5, 0.6) is 0 Å². The molecule has 0 spiro atoms. The normalized spacial score (nSPS) is 11.6. The summed E-state index contributed by atoms with van der Waals surface area (Å²) in [6.07, 6.45) is 6.54. The van der Waals surface area contributed by atoms with Crippen LogP contribution < -0.4 is 0 Å². The van der Waals surface area contributed by atoms with E-state index in [0.717, 1.165) is 23.3 Å². The molecule has 2 nitrogen and oxygen atoms in total. The Morgan fingerprint density at radius 1 is 1.45 bits per heavy atom. The number of carbonyl (C=O) groups is 1. The van der Waals surface area contributed by atoms with Gasteiger partial charge in [0.1, 0.15) is 0 Å². The predicted octanol–water partition coefficient (Wildman–Crippen LogP) is 4.58. The minimum absolute atomic E-state index is 0.418. The molecule has 0 aromatic carbocycles. The molecule has 0 aliphatic rings. The number of rotatable bonds is 7. The summed E-state index contributed by atoms with van der Waals surface area (Å²) in [7, 11) is 0. The van der Waals surface area contributed by atoms with Gasteiger partial charge in [0.2, 0.25) is 0 Å². The third kappa shape index (κ3) is 6.02. The van der Waals surface area contributed by atoms with Gasteiger partial charge in [-0.3, -0.25) is 0 Å².